The van der Waals surface area contributed by atoms with Gasteiger partial charge in [0.15, 0.2) is 0 Å². The van der Waals surface area contributed by atoms with E-state index in [9.17, 15) is 8.42 Å². The number of thiazole rings is 1. The zero-order valence-corrected chi connectivity index (χ0v) is 12.8. The minimum absolute atomic E-state index is 0.215. The van der Waals surface area contributed by atoms with Crippen molar-refractivity contribution >= 4 is 21.5 Å². The van der Waals surface area contributed by atoms with Crippen LogP contribution < -0.4 is 4.72 Å². The number of nitrogens with one attached hydrogen (secondary N) is 1. The Labute approximate surface area is 119 Å². The van der Waals surface area contributed by atoms with Gasteiger partial charge in [0, 0.05) is 24.7 Å². The first-order valence-electron chi connectivity index (χ1n) is 6.80. The van der Waals surface area contributed by atoms with E-state index in [-0.39, 0.29) is 6.04 Å². The molecule has 7 heteroatoms. The van der Waals surface area contributed by atoms with E-state index in [2.05, 4.69) is 9.71 Å². The number of nitrogens with zero attached hydrogens (tertiary/aromatic N) is 2. The van der Waals surface area contributed by atoms with Gasteiger partial charge < -0.3 is 0 Å². The molecule has 1 N–H and O–H groups in total. The van der Waals surface area contributed by atoms with E-state index in [0.717, 1.165) is 30.7 Å². The highest BCUT2D eigenvalue weighted by Crippen LogP contribution is 2.21. The van der Waals surface area contributed by atoms with Crippen molar-refractivity contribution < 1.29 is 8.42 Å². The molecular weight excluding hydrogens is 282 g/mol. The molecule has 1 aliphatic heterocycles. The molecule has 0 saturated carbocycles. The van der Waals surface area contributed by atoms with E-state index in [4.69, 9.17) is 0 Å². The Morgan fingerprint density at radius 1 is 1.37 bits per heavy atom. The Morgan fingerprint density at radius 2 is 2.05 bits per heavy atom. The SMILES string of the molecule is CC[C@@H](NS(=O)(=O)N1CCCCCC1)c1nccs1. The quantitative estimate of drug-likeness (QED) is 0.908. The second-order valence-corrected chi connectivity index (χ2v) is 7.40. The maximum Gasteiger partial charge on any atom is 0.280 e. The van der Waals surface area contributed by atoms with Gasteiger partial charge in [-0.2, -0.15) is 17.4 Å². The molecule has 1 aliphatic rings. The van der Waals surface area contributed by atoms with Crippen molar-refractivity contribution in [2.24, 2.45) is 0 Å². The van der Waals surface area contributed by atoms with Crippen LogP contribution in [0.2, 0.25) is 0 Å². The normalized spacial score (nSPS) is 20.1. The van der Waals surface area contributed by atoms with Gasteiger partial charge in [0.05, 0.1) is 6.04 Å². The number of aromatic nitrogens is 1. The van der Waals surface area contributed by atoms with E-state index in [1.807, 2.05) is 12.3 Å². The molecule has 0 amide bonds. The van der Waals surface area contributed by atoms with E-state index in [0.29, 0.717) is 19.5 Å². The minimum atomic E-state index is -3.39. The van der Waals surface area contributed by atoms with Crippen LogP contribution in [0.4, 0.5) is 0 Å². The zero-order chi connectivity index (χ0) is 13.7. The molecule has 2 rings (SSSR count). The number of rotatable bonds is 5. The first kappa shape index (κ1) is 14.9. The molecule has 19 heavy (non-hydrogen) atoms. The van der Waals surface area contributed by atoms with Gasteiger partial charge in [0.25, 0.3) is 10.2 Å². The van der Waals surface area contributed by atoms with Crippen LogP contribution in [0.25, 0.3) is 0 Å². The lowest BCUT2D eigenvalue weighted by Gasteiger charge is -2.23. The van der Waals surface area contributed by atoms with Crippen molar-refractivity contribution in [2.45, 2.75) is 45.1 Å². The molecule has 2 heterocycles. The fraction of sp³-hybridized carbons (Fsp3) is 0.750. The summed E-state index contributed by atoms with van der Waals surface area (Å²) in [5, 5.41) is 2.71. The van der Waals surface area contributed by atoms with Gasteiger partial charge in [-0.15, -0.1) is 11.3 Å². The van der Waals surface area contributed by atoms with Crippen LogP contribution in [-0.2, 0) is 10.2 Å². The van der Waals surface area contributed by atoms with Crippen LogP contribution in [0.15, 0.2) is 11.6 Å². The van der Waals surface area contributed by atoms with Crippen LogP contribution >= 0.6 is 11.3 Å². The molecule has 0 spiro atoms. The van der Waals surface area contributed by atoms with Crippen LogP contribution in [0.5, 0.6) is 0 Å². The summed E-state index contributed by atoms with van der Waals surface area (Å²) in [6.45, 7) is 3.23. The third-order valence-corrected chi connectivity index (χ3v) is 5.87. The molecule has 5 nitrogen and oxygen atoms in total. The van der Waals surface area contributed by atoms with E-state index >= 15 is 0 Å². The van der Waals surface area contributed by atoms with E-state index in [1.54, 1.807) is 10.5 Å². The molecular formula is C12H21N3O2S2. The van der Waals surface area contributed by atoms with Crippen molar-refractivity contribution in [3.63, 3.8) is 0 Å². The lowest BCUT2D eigenvalue weighted by molar-refractivity contribution is 0.406. The number of hydrogen-bond donors (Lipinski definition) is 1. The molecule has 1 atom stereocenters. The Kier molecular flexibility index (Phi) is 5.32. The van der Waals surface area contributed by atoms with Crippen molar-refractivity contribution in [2.75, 3.05) is 13.1 Å². The molecule has 0 bridgehead atoms. The fourth-order valence-electron chi connectivity index (χ4n) is 2.25. The highest BCUT2D eigenvalue weighted by molar-refractivity contribution is 7.87. The highest BCUT2D eigenvalue weighted by atomic mass is 32.2. The Morgan fingerprint density at radius 3 is 2.58 bits per heavy atom. The Hall–Kier alpha value is -0.500. The van der Waals surface area contributed by atoms with Gasteiger partial charge in [-0.3, -0.25) is 0 Å². The summed E-state index contributed by atoms with van der Waals surface area (Å²) in [5.74, 6) is 0. The zero-order valence-electron chi connectivity index (χ0n) is 11.2. The van der Waals surface area contributed by atoms with Gasteiger partial charge >= 0.3 is 0 Å². The van der Waals surface area contributed by atoms with Gasteiger partial charge in [0.1, 0.15) is 5.01 Å². The summed E-state index contributed by atoms with van der Waals surface area (Å²) in [7, 11) is -3.39. The molecule has 1 saturated heterocycles. The third kappa shape index (κ3) is 3.98. The summed E-state index contributed by atoms with van der Waals surface area (Å²) < 4.78 is 29.2. The average Bonchev–Trinajstić information content (AvgIpc) is 2.77. The monoisotopic (exact) mass is 303 g/mol. The first-order valence-corrected chi connectivity index (χ1v) is 9.12. The highest BCUT2D eigenvalue weighted by Gasteiger charge is 2.26. The minimum Gasteiger partial charge on any atom is -0.248 e. The fourth-order valence-corrected chi connectivity index (χ4v) is 4.62. The van der Waals surface area contributed by atoms with Crippen molar-refractivity contribution in [1.29, 1.82) is 0 Å². The van der Waals surface area contributed by atoms with Crippen molar-refractivity contribution in [1.82, 2.24) is 14.0 Å². The molecule has 0 radical (unpaired) electrons. The third-order valence-electron chi connectivity index (χ3n) is 3.35. The summed E-state index contributed by atoms with van der Waals surface area (Å²) >= 11 is 1.49. The lowest BCUT2D eigenvalue weighted by Crippen LogP contribution is -2.42. The molecule has 1 aromatic rings. The molecule has 1 fully saturated rings. The molecule has 0 unspecified atom stereocenters. The maximum absolute atomic E-state index is 12.4. The molecule has 0 aromatic carbocycles. The Bertz CT molecular complexity index is 465. The topological polar surface area (TPSA) is 62.3 Å². The van der Waals surface area contributed by atoms with Crippen molar-refractivity contribution in [3.8, 4) is 0 Å². The van der Waals surface area contributed by atoms with Gasteiger partial charge in [-0.25, -0.2) is 4.98 Å². The van der Waals surface area contributed by atoms with E-state index in [1.165, 1.54) is 11.3 Å². The summed E-state index contributed by atoms with van der Waals surface area (Å²) in [4.78, 5) is 4.21. The molecule has 108 valence electrons. The number of hydrogen-bond acceptors (Lipinski definition) is 4. The summed E-state index contributed by atoms with van der Waals surface area (Å²) in [6.07, 6.45) is 6.57. The standard InChI is InChI=1S/C12H21N3O2S2/c1-2-11(12-13-7-10-18-12)14-19(16,17)15-8-5-3-4-6-9-15/h7,10-11,14H,2-6,8-9H2,1H3/t11-/m1/s1. The van der Waals surface area contributed by atoms with Gasteiger partial charge in [-0.1, -0.05) is 19.8 Å². The maximum atomic E-state index is 12.4. The van der Waals surface area contributed by atoms with Crippen LogP contribution in [0.3, 0.4) is 0 Å². The predicted molar refractivity (Wildman–Crippen MR) is 77.2 cm³/mol. The summed E-state index contributed by atoms with van der Waals surface area (Å²) in [5.41, 5.74) is 0. The molecule has 1 aromatic heterocycles. The van der Waals surface area contributed by atoms with E-state index < -0.39 is 10.2 Å². The second kappa shape index (κ2) is 6.78. The smallest absolute Gasteiger partial charge is 0.248 e. The van der Waals surface area contributed by atoms with Crippen molar-refractivity contribution in [3.05, 3.63) is 16.6 Å². The first-order chi connectivity index (χ1) is 9.13. The van der Waals surface area contributed by atoms with Gasteiger partial charge in [-0.05, 0) is 19.3 Å². The Balaban J connectivity index is 2.06. The largest absolute Gasteiger partial charge is 0.280 e. The van der Waals surface area contributed by atoms with Crippen LogP contribution in [-0.4, -0.2) is 30.8 Å². The van der Waals surface area contributed by atoms with Crippen LogP contribution in [0.1, 0.15) is 50.1 Å². The molecule has 0 aliphatic carbocycles. The second-order valence-electron chi connectivity index (χ2n) is 4.77. The predicted octanol–water partition coefficient (Wildman–Crippen LogP) is 2.30. The van der Waals surface area contributed by atoms with Gasteiger partial charge in [0.2, 0.25) is 0 Å². The summed E-state index contributed by atoms with van der Waals surface area (Å²) in [6, 6.07) is -0.215. The lowest BCUT2D eigenvalue weighted by atomic mass is 10.2. The average molecular weight is 303 g/mol. The van der Waals surface area contributed by atoms with Crippen LogP contribution in [0, 0.1) is 0 Å².